The Hall–Kier alpha value is 0.888. The SMILES string of the molecule is CC(C)OCCOC(=S)S.[Pt]. The summed E-state index contributed by atoms with van der Waals surface area (Å²) in [5.41, 5.74) is 0. The third-order valence-electron chi connectivity index (χ3n) is 0.760. The number of thiocarbonyl (C=S) groups is 1. The Kier molecular flexibility index (Phi) is 11.8. The monoisotopic (exact) mass is 375 g/mol. The summed E-state index contributed by atoms with van der Waals surface area (Å²) in [4.78, 5) is 0. The van der Waals surface area contributed by atoms with Gasteiger partial charge in [-0.15, -0.1) is 0 Å². The van der Waals surface area contributed by atoms with Crippen LogP contribution < -0.4 is 0 Å². The fourth-order valence-electron chi connectivity index (χ4n) is 0.413. The summed E-state index contributed by atoms with van der Waals surface area (Å²) in [5, 5.41) is 0. The van der Waals surface area contributed by atoms with Crippen molar-refractivity contribution in [2.45, 2.75) is 20.0 Å². The molecule has 0 rings (SSSR count). The third kappa shape index (κ3) is 13.8. The molecule has 0 radical (unpaired) electrons. The summed E-state index contributed by atoms with van der Waals surface area (Å²) >= 11 is 8.34. The molecule has 0 aromatic carbocycles. The zero-order chi connectivity index (χ0) is 7.98. The minimum Gasteiger partial charge on any atom is -0.476 e. The smallest absolute Gasteiger partial charge is 0.216 e. The van der Waals surface area contributed by atoms with Crippen molar-refractivity contribution in [3.05, 3.63) is 0 Å². The van der Waals surface area contributed by atoms with Crippen molar-refractivity contribution in [2.24, 2.45) is 0 Å². The van der Waals surface area contributed by atoms with Gasteiger partial charge in [-0.25, -0.2) is 0 Å². The van der Waals surface area contributed by atoms with Crippen LogP contribution in [0, 0.1) is 0 Å². The number of hydrogen-bond donors (Lipinski definition) is 1. The summed E-state index contributed by atoms with van der Waals surface area (Å²) in [7, 11) is 0. The van der Waals surface area contributed by atoms with Gasteiger partial charge in [0.1, 0.15) is 6.61 Å². The van der Waals surface area contributed by atoms with Crippen LogP contribution in [0.3, 0.4) is 0 Å². The van der Waals surface area contributed by atoms with Crippen LogP contribution in [0.2, 0.25) is 0 Å². The molecule has 0 saturated carbocycles. The van der Waals surface area contributed by atoms with Gasteiger partial charge in [-0.05, 0) is 26.1 Å². The van der Waals surface area contributed by atoms with Crippen LogP contribution in [0.4, 0.5) is 0 Å². The first-order chi connectivity index (χ1) is 4.63. The fraction of sp³-hybridized carbons (Fsp3) is 0.833. The number of hydrogen-bond acceptors (Lipinski definition) is 3. The van der Waals surface area contributed by atoms with Gasteiger partial charge < -0.3 is 9.47 Å². The van der Waals surface area contributed by atoms with Crippen molar-refractivity contribution in [1.82, 2.24) is 0 Å². The van der Waals surface area contributed by atoms with Crippen LogP contribution in [0.15, 0.2) is 0 Å². The van der Waals surface area contributed by atoms with E-state index in [9.17, 15) is 0 Å². The molecule has 0 amide bonds. The molecule has 0 bridgehead atoms. The van der Waals surface area contributed by atoms with Crippen LogP contribution in [0.1, 0.15) is 13.8 Å². The van der Waals surface area contributed by atoms with E-state index in [1.54, 1.807) is 0 Å². The second-order valence-electron chi connectivity index (χ2n) is 2.03. The summed E-state index contributed by atoms with van der Waals surface area (Å²) in [6.45, 7) is 5.00. The predicted molar refractivity (Wildman–Crippen MR) is 48.6 cm³/mol. The van der Waals surface area contributed by atoms with Crippen molar-refractivity contribution >= 4 is 29.2 Å². The predicted octanol–water partition coefficient (Wildman–Crippen LogP) is 1.64. The van der Waals surface area contributed by atoms with Crippen molar-refractivity contribution < 1.29 is 30.5 Å². The molecule has 0 atom stereocenters. The maximum absolute atomic E-state index is 5.17. The molecule has 2 nitrogen and oxygen atoms in total. The molecule has 0 spiro atoms. The molecule has 0 unspecified atom stereocenters. The summed E-state index contributed by atoms with van der Waals surface area (Å²) < 4.78 is 10.3. The van der Waals surface area contributed by atoms with Gasteiger partial charge in [-0.1, -0.05) is 12.6 Å². The first-order valence-electron chi connectivity index (χ1n) is 3.10. The van der Waals surface area contributed by atoms with E-state index in [0.717, 1.165) is 0 Å². The Morgan fingerprint density at radius 1 is 1.45 bits per heavy atom. The molecule has 0 aliphatic heterocycles. The van der Waals surface area contributed by atoms with Crippen LogP contribution in [-0.4, -0.2) is 23.7 Å². The van der Waals surface area contributed by atoms with E-state index in [-0.39, 0.29) is 31.6 Å². The molecule has 0 aliphatic carbocycles. The zero-order valence-corrected chi connectivity index (χ0v) is 10.5. The van der Waals surface area contributed by atoms with E-state index >= 15 is 0 Å². The van der Waals surface area contributed by atoms with Crippen LogP contribution in [0.5, 0.6) is 0 Å². The summed E-state index contributed by atoms with van der Waals surface area (Å²) in [6.07, 6.45) is 0.247. The summed E-state index contributed by atoms with van der Waals surface area (Å²) in [6, 6.07) is 0. The second-order valence-corrected chi connectivity index (χ2v) is 3.11. The van der Waals surface area contributed by atoms with Crippen LogP contribution in [0.25, 0.3) is 0 Å². The molecule has 0 aliphatic rings. The second kappa shape index (κ2) is 8.98. The normalized spacial score (nSPS) is 9.09. The van der Waals surface area contributed by atoms with Gasteiger partial charge >= 0.3 is 0 Å². The zero-order valence-electron chi connectivity index (χ0n) is 6.48. The van der Waals surface area contributed by atoms with E-state index in [4.69, 9.17) is 9.47 Å². The maximum atomic E-state index is 5.17. The Bertz CT molecular complexity index is 109. The van der Waals surface area contributed by atoms with E-state index in [1.165, 1.54) is 0 Å². The van der Waals surface area contributed by atoms with Crippen molar-refractivity contribution in [3.63, 3.8) is 0 Å². The van der Waals surface area contributed by atoms with Crippen LogP contribution >= 0.6 is 24.8 Å². The number of ether oxygens (including phenoxy) is 2. The summed E-state index contributed by atoms with van der Waals surface area (Å²) in [5.74, 6) is 0. The van der Waals surface area contributed by atoms with Gasteiger partial charge in [0.15, 0.2) is 0 Å². The molecule has 0 aromatic heterocycles. The van der Waals surface area contributed by atoms with E-state index < -0.39 is 0 Å². The van der Waals surface area contributed by atoms with Crippen LogP contribution in [-0.2, 0) is 30.5 Å². The van der Waals surface area contributed by atoms with Gasteiger partial charge in [0, 0.05) is 21.1 Å². The molecule has 0 saturated heterocycles. The molecule has 70 valence electrons. The van der Waals surface area contributed by atoms with Gasteiger partial charge in [0.05, 0.1) is 12.7 Å². The standard InChI is InChI=1S/C6H12O2S2.Pt/c1-5(2)7-3-4-8-6(9)10;/h5H,3-4H2,1-2H3,(H,9,10);. The molecule has 5 heteroatoms. The van der Waals surface area contributed by atoms with E-state index in [2.05, 4.69) is 24.8 Å². The molecular formula is C6H12O2PtS2. The first-order valence-corrected chi connectivity index (χ1v) is 3.96. The maximum Gasteiger partial charge on any atom is 0.216 e. The van der Waals surface area contributed by atoms with Gasteiger partial charge in [-0.2, -0.15) is 0 Å². The van der Waals surface area contributed by atoms with Crippen molar-refractivity contribution in [1.29, 1.82) is 0 Å². The molecule has 0 fully saturated rings. The molecular weight excluding hydrogens is 363 g/mol. The Labute approximate surface area is 92.7 Å². The quantitative estimate of drug-likeness (QED) is 0.458. The Balaban J connectivity index is 0. The topological polar surface area (TPSA) is 18.5 Å². The Morgan fingerprint density at radius 2 is 2.00 bits per heavy atom. The molecule has 0 aromatic rings. The molecule has 0 heterocycles. The van der Waals surface area contributed by atoms with Crippen molar-refractivity contribution in [2.75, 3.05) is 13.2 Å². The largest absolute Gasteiger partial charge is 0.476 e. The average Bonchev–Trinajstić information content (AvgIpc) is 1.79. The van der Waals surface area contributed by atoms with E-state index in [1.807, 2.05) is 13.8 Å². The Morgan fingerprint density at radius 3 is 2.36 bits per heavy atom. The van der Waals surface area contributed by atoms with E-state index in [0.29, 0.717) is 13.2 Å². The number of thiol groups is 1. The number of rotatable bonds is 4. The minimum atomic E-state index is 0. The first kappa shape index (κ1) is 14.4. The molecule has 11 heavy (non-hydrogen) atoms. The van der Waals surface area contributed by atoms with Crippen molar-refractivity contribution in [3.8, 4) is 0 Å². The third-order valence-corrected chi connectivity index (χ3v) is 1.01. The minimum absolute atomic E-state index is 0. The van der Waals surface area contributed by atoms with Gasteiger partial charge in [0.25, 0.3) is 0 Å². The van der Waals surface area contributed by atoms with Gasteiger partial charge in [-0.3, -0.25) is 0 Å². The fourth-order valence-corrected chi connectivity index (χ4v) is 0.587. The molecule has 0 N–H and O–H groups in total. The van der Waals surface area contributed by atoms with Gasteiger partial charge in [0.2, 0.25) is 4.38 Å². The average molecular weight is 375 g/mol.